The number of ether oxygens (including phenoxy) is 1. The number of nitrogens with one attached hydrogen (secondary N) is 1. The van der Waals surface area contributed by atoms with Gasteiger partial charge in [-0.2, -0.15) is 0 Å². The summed E-state index contributed by atoms with van der Waals surface area (Å²) in [5.41, 5.74) is 5.91. The molecule has 114 valence electrons. The fraction of sp³-hybridized carbons (Fsp3) is 0.231. The molecule has 21 heavy (non-hydrogen) atoms. The monoisotopic (exact) mass is 346 g/mol. The van der Waals surface area contributed by atoms with E-state index in [4.69, 9.17) is 22.1 Å². The number of nitrogen functional groups attached to an aromatic ring is 1. The average molecular weight is 347 g/mol. The van der Waals surface area contributed by atoms with Gasteiger partial charge >= 0.3 is 0 Å². The highest BCUT2D eigenvalue weighted by atomic mass is 35.5. The summed E-state index contributed by atoms with van der Waals surface area (Å²) in [7, 11) is -2.14. The fourth-order valence-corrected chi connectivity index (χ4v) is 4.00. The maximum Gasteiger partial charge on any atom is 0.242 e. The van der Waals surface area contributed by atoms with Crippen molar-refractivity contribution in [3.8, 4) is 5.75 Å². The minimum Gasteiger partial charge on any atom is -0.497 e. The van der Waals surface area contributed by atoms with Gasteiger partial charge < -0.3 is 10.5 Å². The molecule has 0 unspecified atom stereocenters. The van der Waals surface area contributed by atoms with Crippen LogP contribution in [-0.4, -0.2) is 22.1 Å². The summed E-state index contributed by atoms with van der Waals surface area (Å²) in [5, 5.41) is 0. The molecule has 0 amide bonds. The Labute approximate surface area is 132 Å². The highest BCUT2D eigenvalue weighted by Crippen LogP contribution is 2.24. The van der Waals surface area contributed by atoms with Crippen molar-refractivity contribution < 1.29 is 13.2 Å². The Morgan fingerprint density at radius 3 is 2.67 bits per heavy atom. The van der Waals surface area contributed by atoms with E-state index in [1.807, 2.05) is 6.07 Å². The van der Waals surface area contributed by atoms with Crippen LogP contribution in [0.3, 0.4) is 0 Å². The number of thiophene rings is 1. The van der Waals surface area contributed by atoms with Gasteiger partial charge in [-0.05, 0) is 30.7 Å². The van der Waals surface area contributed by atoms with Gasteiger partial charge in [-0.25, -0.2) is 13.1 Å². The second kappa shape index (κ2) is 6.65. The molecule has 0 atom stereocenters. The van der Waals surface area contributed by atoms with Crippen molar-refractivity contribution in [2.45, 2.75) is 11.3 Å². The van der Waals surface area contributed by atoms with Crippen molar-refractivity contribution in [2.75, 3.05) is 19.4 Å². The maximum absolute atomic E-state index is 12.2. The Bertz CT molecular complexity index is 729. The second-order valence-corrected chi connectivity index (χ2v) is 7.79. The third-order valence-corrected chi connectivity index (χ3v) is 5.62. The van der Waals surface area contributed by atoms with Gasteiger partial charge in [-0.3, -0.25) is 0 Å². The van der Waals surface area contributed by atoms with Crippen LogP contribution >= 0.6 is 22.9 Å². The van der Waals surface area contributed by atoms with Crippen LogP contribution in [0, 0.1) is 0 Å². The van der Waals surface area contributed by atoms with E-state index in [9.17, 15) is 8.42 Å². The number of nitrogens with two attached hydrogens (primary N) is 1. The lowest BCUT2D eigenvalue weighted by Gasteiger charge is -2.10. The van der Waals surface area contributed by atoms with Gasteiger partial charge in [0.25, 0.3) is 0 Å². The van der Waals surface area contributed by atoms with Gasteiger partial charge in [0, 0.05) is 17.5 Å². The number of sulfonamides is 1. The highest BCUT2D eigenvalue weighted by molar-refractivity contribution is 7.89. The topological polar surface area (TPSA) is 81.4 Å². The van der Waals surface area contributed by atoms with E-state index in [0.29, 0.717) is 16.5 Å². The molecule has 2 rings (SSSR count). The number of anilines is 1. The van der Waals surface area contributed by atoms with Crippen LogP contribution in [0.4, 0.5) is 5.69 Å². The number of hydrogen-bond acceptors (Lipinski definition) is 5. The van der Waals surface area contributed by atoms with Gasteiger partial charge in [0.1, 0.15) is 10.6 Å². The van der Waals surface area contributed by atoms with E-state index in [-0.39, 0.29) is 17.1 Å². The summed E-state index contributed by atoms with van der Waals surface area (Å²) in [4.78, 5) is 1.07. The van der Waals surface area contributed by atoms with Crippen LogP contribution in [0.25, 0.3) is 0 Å². The molecule has 1 aromatic carbocycles. The Morgan fingerprint density at radius 1 is 1.33 bits per heavy atom. The number of rotatable bonds is 6. The minimum absolute atomic E-state index is 0.0486. The molecule has 1 heterocycles. The standard InChI is InChI=1S/C13H15ClN2O3S2/c1-19-9-2-4-12(11(15)8-9)21(17,18)16-7-6-10-3-5-13(14)20-10/h2-5,8,16H,6-7,15H2,1H3. The number of hydrogen-bond donors (Lipinski definition) is 2. The van der Waals surface area contributed by atoms with Gasteiger partial charge in [0.05, 0.1) is 17.1 Å². The lowest BCUT2D eigenvalue weighted by atomic mass is 10.3. The molecule has 0 aliphatic rings. The second-order valence-electron chi connectivity index (χ2n) is 4.26. The van der Waals surface area contributed by atoms with Crippen molar-refractivity contribution in [3.05, 3.63) is 39.5 Å². The summed E-state index contributed by atoms with van der Waals surface area (Å²) >= 11 is 7.26. The molecule has 0 saturated carbocycles. The molecule has 0 spiro atoms. The Balaban J connectivity index is 2.04. The van der Waals surface area contributed by atoms with E-state index < -0.39 is 10.0 Å². The van der Waals surface area contributed by atoms with Crippen molar-refractivity contribution in [1.82, 2.24) is 4.72 Å². The third-order valence-electron chi connectivity index (χ3n) is 2.80. The Hall–Kier alpha value is -1.28. The molecule has 0 aliphatic heterocycles. The van der Waals surface area contributed by atoms with Gasteiger partial charge in [0.15, 0.2) is 0 Å². The molecule has 5 nitrogen and oxygen atoms in total. The van der Waals surface area contributed by atoms with Crippen molar-refractivity contribution in [3.63, 3.8) is 0 Å². The van der Waals surface area contributed by atoms with Crippen molar-refractivity contribution in [2.24, 2.45) is 0 Å². The van der Waals surface area contributed by atoms with Crippen LogP contribution in [0.2, 0.25) is 4.34 Å². The first-order valence-corrected chi connectivity index (χ1v) is 8.77. The lowest BCUT2D eigenvalue weighted by molar-refractivity contribution is 0.414. The van der Waals surface area contributed by atoms with E-state index in [1.54, 1.807) is 12.1 Å². The van der Waals surface area contributed by atoms with E-state index in [1.165, 1.54) is 30.6 Å². The van der Waals surface area contributed by atoms with Gasteiger partial charge in [0.2, 0.25) is 10.0 Å². The number of benzene rings is 1. The zero-order valence-corrected chi connectivity index (χ0v) is 13.7. The predicted octanol–water partition coefficient (Wildman–Crippen LogP) is 2.51. The van der Waals surface area contributed by atoms with E-state index >= 15 is 0 Å². The molecule has 0 saturated heterocycles. The Kier molecular flexibility index (Phi) is 5.10. The molecule has 3 N–H and O–H groups in total. The summed E-state index contributed by atoms with van der Waals surface area (Å²) in [5.74, 6) is 0.514. The predicted molar refractivity (Wildman–Crippen MR) is 85.6 cm³/mol. The third kappa shape index (κ3) is 4.10. The normalized spacial score (nSPS) is 11.5. The summed E-state index contributed by atoms with van der Waals surface area (Å²) in [6.07, 6.45) is 0.576. The Morgan fingerprint density at radius 2 is 2.10 bits per heavy atom. The molecule has 0 bridgehead atoms. The zero-order chi connectivity index (χ0) is 15.5. The van der Waals surface area contributed by atoms with Crippen LogP contribution < -0.4 is 15.2 Å². The van der Waals surface area contributed by atoms with Crippen LogP contribution in [-0.2, 0) is 16.4 Å². The molecule has 0 radical (unpaired) electrons. The largest absolute Gasteiger partial charge is 0.497 e. The summed E-state index contributed by atoms with van der Waals surface area (Å²) in [6, 6.07) is 8.14. The molecular weight excluding hydrogens is 332 g/mol. The average Bonchev–Trinajstić information content (AvgIpc) is 2.83. The first-order valence-electron chi connectivity index (χ1n) is 6.10. The number of methoxy groups -OCH3 is 1. The van der Waals surface area contributed by atoms with Crippen LogP contribution in [0.15, 0.2) is 35.2 Å². The molecule has 1 aromatic heterocycles. The van der Waals surface area contributed by atoms with Crippen molar-refractivity contribution in [1.29, 1.82) is 0 Å². The molecule has 2 aromatic rings. The lowest BCUT2D eigenvalue weighted by Crippen LogP contribution is -2.26. The maximum atomic E-state index is 12.2. The van der Waals surface area contributed by atoms with Gasteiger partial charge in [-0.1, -0.05) is 11.6 Å². The SMILES string of the molecule is COc1ccc(S(=O)(=O)NCCc2ccc(Cl)s2)c(N)c1. The molecular formula is C13H15ClN2O3S2. The quantitative estimate of drug-likeness (QED) is 0.787. The van der Waals surface area contributed by atoms with E-state index in [2.05, 4.69) is 4.72 Å². The van der Waals surface area contributed by atoms with Crippen molar-refractivity contribution >= 4 is 38.6 Å². The van der Waals surface area contributed by atoms with Crippen LogP contribution in [0.5, 0.6) is 5.75 Å². The zero-order valence-electron chi connectivity index (χ0n) is 11.3. The molecule has 0 aliphatic carbocycles. The molecule has 0 fully saturated rings. The summed E-state index contributed by atoms with van der Waals surface area (Å²) in [6.45, 7) is 0.282. The number of halogens is 1. The first kappa shape index (κ1) is 16.1. The highest BCUT2D eigenvalue weighted by Gasteiger charge is 2.17. The first-order chi connectivity index (χ1) is 9.92. The van der Waals surface area contributed by atoms with Crippen LogP contribution in [0.1, 0.15) is 4.88 Å². The smallest absolute Gasteiger partial charge is 0.242 e. The molecule has 8 heteroatoms. The van der Waals surface area contributed by atoms with E-state index in [0.717, 1.165) is 4.88 Å². The summed E-state index contributed by atoms with van der Waals surface area (Å²) < 4.78 is 32.6. The van der Waals surface area contributed by atoms with Gasteiger partial charge in [-0.15, -0.1) is 11.3 Å². The fourth-order valence-electron chi connectivity index (χ4n) is 1.77. The minimum atomic E-state index is -3.64.